The summed E-state index contributed by atoms with van der Waals surface area (Å²) >= 11 is 2.39. The van der Waals surface area contributed by atoms with Crippen molar-refractivity contribution in [1.82, 2.24) is 4.98 Å². The van der Waals surface area contributed by atoms with Crippen molar-refractivity contribution in [2.24, 2.45) is 5.10 Å². The topological polar surface area (TPSA) is 45.6 Å². The second kappa shape index (κ2) is 7.96. The van der Waals surface area contributed by atoms with E-state index in [2.05, 4.69) is 10.1 Å². The molecule has 0 aliphatic rings. The minimum atomic E-state index is -4.59. The Morgan fingerprint density at radius 2 is 1.93 bits per heavy atom. The van der Waals surface area contributed by atoms with Crippen molar-refractivity contribution in [2.75, 3.05) is 5.01 Å². The smallest absolute Gasteiger partial charge is 0.267 e. The maximum absolute atomic E-state index is 13.5. The summed E-state index contributed by atoms with van der Waals surface area (Å²) in [5.41, 5.74) is -0.690. The number of fused-ring (bicyclic) bond motifs is 1. The normalized spacial score (nSPS) is 12.0. The lowest BCUT2D eigenvalue weighted by Crippen LogP contribution is -2.26. The first kappa shape index (κ1) is 20.2. The maximum atomic E-state index is 13.5. The quantitative estimate of drug-likeness (QED) is 0.212. The Balaban J connectivity index is 1.77. The number of thiazole rings is 1. The van der Waals surface area contributed by atoms with E-state index in [0.29, 0.717) is 10.2 Å². The highest BCUT2D eigenvalue weighted by molar-refractivity contribution is 7.22. The Morgan fingerprint density at radius 1 is 1.10 bits per heavy atom. The molecule has 10 heteroatoms. The molecule has 0 N–H and O–H groups in total. The van der Waals surface area contributed by atoms with Gasteiger partial charge in [-0.1, -0.05) is 23.5 Å². The summed E-state index contributed by atoms with van der Waals surface area (Å²) in [5.74, 6) is -1.25. The standard InChI is InChI=1S/C20H11F4N3OS2/c21-14-6-7-16-17(10-14)30-19(26-16)27(25-11-15-5-2-8-29-15)18(28)12-3-1-4-13(9-12)20(22,23)24/h1-11H/b25-11+. The number of hydrazone groups is 1. The number of amides is 1. The van der Waals surface area contributed by atoms with Crippen LogP contribution in [0.25, 0.3) is 10.2 Å². The highest BCUT2D eigenvalue weighted by Crippen LogP contribution is 2.32. The van der Waals surface area contributed by atoms with Crippen LogP contribution in [-0.2, 0) is 6.18 Å². The van der Waals surface area contributed by atoms with Crippen LogP contribution < -0.4 is 5.01 Å². The molecule has 4 aromatic rings. The summed E-state index contributed by atoms with van der Waals surface area (Å²) in [5, 5.41) is 7.03. The molecule has 2 aromatic carbocycles. The molecule has 0 saturated heterocycles. The van der Waals surface area contributed by atoms with Gasteiger partial charge in [-0.15, -0.1) is 11.3 Å². The van der Waals surface area contributed by atoms with E-state index in [9.17, 15) is 22.4 Å². The first-order valence-electron chi connectivity index (χ1n) is 8.46. The number of halogens is 4. The van der Waals surface area contributed by atoms with Crippen molar-refractivity contribution in [1.29, 1.82) is 0 Å². The number of carbonyl (C=O) groups excluding carboxylic acids is 1. The van der Waals surface area contributed by atoms with Gasteiger partial charge in [-0.25, -0.2) is 9.37 Å². The average Bonchev–Trinajstić information content (AvgIpc) is 3.37. The highest BCUT2D eigenvalue weighted by atomic mass is 32.1. The summed E-state index contributed by atoms with van der Waals surface area (Å²) in [6.07, 6.45) is -3.17. The number of aromatic nitrogens is 1. The fraction of sp³-hybridized carbons (Fsp3) is 0.0500. The van der Waals surface area contributed by atoms with Crippen molar-refractivity contribution in [2.45, 2.75) is 6.18 Å². The molecule has 0 atom stereocenters. The van der Waals surface area contributed by atoms with Crippen LogP contribution in [0.1, 0.15) is 20.8 Å². The predicted octanol–water partition coefficient (Wildman–Crippen LogP) is 6.20. The van der Waals surface area contributed by atoms with Crippen LogP contribution in [0.3, 0.4) is 0 Å². The van der Waals surface area contributed by atoms with Crippen molar-refractivity contribution in [3.05, 3.63) is 81.8 Å². The largest absolute Gasteiger partial charge is 0.416 e. The third kappa shape index (κ3) is 4.24. The number of alkyl halides is 3. The van der Waals surface area contributed by atoms with Crippen molar-refractivity contribution in [3.63, 3.8) is 0 Å². The molecule has 0 spiro atoms. The van der Waals surface area contributed by atoms with Crippen LogP contribution in [0.4, 0.5) is 22.7 Å². The van der Waals surface area contributed by atoms with Gasteiger partial charge in [-0.2, -0.15) is 23.3 Å². The van der Waals surface area contributed by atoms with Gasteiger partial charge in [0.15, 0.2) is 0 Å². The summed E-state index contributed by atoms with van der Waals surface area (Å²) in [7, 11) is 0. The molecule has 0 radical (unpaired) electrons. The maximum Gasteiger partial charge on any atom is 0.416 e. The zero-order chi connectivity index (χ0) is 21.3. The van der Waals surface area contributed by atoms with Gasteiger partial charge in [0.2, 0.25) is 5.13 Å². The first-order valence-corrected chi connectivity index (χ1v) is 10.2. The molecule has 30 heavy (non-hydrogen) atoms. The zero-order valence-corrected chi connectivity index (χ0v) is 16.6. The third-order valence-electron chi connectivity index (χ3n) is 3.99. The van der Waals surface area contributed by atoms with Crippen molar-refractivity contribution >= 4 is 50.1 Å². The Kier molecular flexibility index (Phi) is 5.35. The molecule has 0 saturated carbocycles. The van der Waals surface area contributed by atoms with E-state index < -0.39 is 23.5 Å². The van der Waals surface area contributed by atoms with Crippen LogP contribution in [0, 0.1) is 5.82 Å². The molecule has 0 bridgehead atoms. The minimum absolute atomic E-state index is 0.116. The summed E-state index contributed by atoms with van der Waals surface area (Å²) in [6, 6.07) is 11.6. The second-order valence-electron chi connectivity index (χ2n) is 6.06. The number of carbonyl (C=O) groups is 1. The molecule has 4 rings (SSSR count). The van der Waals surface area contributed by atoms with Gasteiger partial charge in [-0.3, -0.25) is 4.79 Å². The number of thiophene rings is 1. The van der Waals surface area contributed by atoms with Crippen LogP contribution in [-0.4, -0.2) is 17.1 Å². The molecule has 0 aliphatic heterocycles. The third-order valence-corrected chi connectivity index (χ3v) is 5.79. The molecule has 4 nitrogen and oxygen atoms in total. The summed E-state index contributed by atoms with van der Waals surface area (Å²) in [6.45, 7) is 0. The molecule has 0 fully saturated rings. The molecule has 0 aliphatic carbocycles. The number of hydrogen-bond acceptors (Lipinski definition) is 5. The predicted molar refractivity (Wildman–Crippen MR) is 110 cm³/mol. The number of rotatable bonds is 4. The summed E-state index contributed by atoms with van der Waals surface area (Å²) in [4.78, 5) is 18.1. The van der Waals surface area contributed by atoms with E-state index in [-0.39, 0.29) is 10.7 Å². The van der Waals surface area contributed by atoms with E-state index in [1.54, 1.807) is 12.1 Å². The fourth-order valence-electron chi connectivity index (χ4n) is 2.60. The van der Waals surface area contributed by atoms with Crippen LogP contribution in [0.5, 0.6) is 0 Å². The second-order valence-corrected chi connectivity index (χ2v) is 8.05. The lowest BCUT2D eigenvalue weighted by molar-refractivity contribution is -0.137. The van der Waals surface area contributed by atoms with Crippen molar-refractivity contribution in [3.8, 4) is 0 Å². The summed E-state index contributed by atoms with van der Waals surface area (Å²) < 4.78 is 53.2. The van der Waals surface area contributed by atoms with Gasteiger partial charge >= 0.3 is 6.18 Å². The molecular formula is C20H11F4N3OS2. The average molecular weight is 449 g/mol. The van der Waals surface area contributed by atoms with E-state index >= 15 is 0 Å². The molecule has 152 valence electrons. The van der Waals surface area contributed by atoms with Gasteiger partial charge < -0.3 is 0 Å². The van der Waals surface area contributed by atoms with Crippen LogP contribution >= 0.6 is 22.7 Å². The minimum Gasteiger partial charge on any atom is -0.267 e. The van der Waals surface area contributed by atoms with Gasteiger partial charge in [0, 0.05) is 10.4 Å². The number of benzene rings is 2. The molecule has 2 aromatic heterocycles. The number of hydrogen-bond donors (Lipinski definition) is 0. The van der Waals surface area contributed by atoms with Crippen molar-refractivity contribution < 1.29 is 22.4 Å². The van der Waals surface area contributed by atoms with E-state index in [1.165, 1.54) is 41.8 Å². The van der Waals surface area contributed by atoms with Gasteiger partial charge in [0.05, 0.1) is 22.0 Å². The number of anilines is 1. The van der Waals surface area contributed by atoms with Crippen LogP contribution in [0.15, 0.2) is 65.1 Å². The van der Waals surface area contributed by atoms with E-state index in [4.69, 9.17) is 0 Å². The lowest BCUT2D eigenvalue weighted by Gasteiger charge is -2.15. The molecular weight excluding hydrogens is 438 g/mol. The Hall–Kier alpha value is -3.11. The Labute approximate surface area is 175 Å². The van der Waals surface area contributed by atoms with Crippen LogP contribution in [0.2, 0.25) is 0 Å². The monoisotopic (exact) mass is 449 g/mol. The van der Waals surface area contributed by atoms with Gasteiger partial charge in [0.25, 0.3) is 5.91 Å². The lowest BCUT2D eigenvalue weighted by atomic mass is 10.1. The molecule has 1 amide bonds. The number of nitrogens with zero attached hydrogens (tertiary/aromatic N) is 3. The van der Waals surface area contributed by atoms with Gasteiger partial charge in [0.1, 0.15) is 5.82 Å². The SMILES string of the molecule is O=C(c1cccc(C(F)(F)F)c1)N(/N=C/c1cccs1)c1nc2ccc(F)cc2s1. The highest BCUT2D eigenvalue weighted by Gasteiger charge is 2.32. The molecule has 2 heterocycles. The zero-order valence-electron chi connectivity index (χ0n) is 14.9. The fourth-order valence-corrected chi connectivity index (χ4v) is 4.12. The first-order chi connectivity index (χ1) is 14.3. The molecule has 0 unspecified atom stereocenters. The van der Waals surface area contributed by atoms with Gasteiger partial charge in [-0.05, 0) is 47.8 Å². The van der Waals surface area contributed by atoms with E-state index in [1.807, 2.05) is 5.38 Å². The Bertz CT molecular complexity index is 1230. The Morgan fingerprint density at radius 3 is 2.67 bits per heavy atom. The van der Waals surface area contributed by atoms with E-state index in [0.717, 1.165) is 39.4 Å².